The Labute approximate surface area is 83.6 Å². The van der Waals surface area contributed by atoms with Gasteiger partial charge in [-0.2, -0.15) is 0 Å². The van der Waals surface area contributed by atoms with Crippen LogP contribution in [-0.2, 0) is 4.43 Å². The molecule has 0 saturated carbocycles. The average Bonchev–Trinajstić information content (AvgIpc) is 1.83. The fourth-order valence-corrected chi connectivity index (χ4v) is 2.19. The largest absolute Gasteiger partial charge is 0.410 e. The molecule has 0 radical (unpaired) electrons. The van der Waals surface area contributed by atoms with Crippen LogP contribution in [0.3, 0.4) is 0 Å². The van der Waals surface area contributed by atoms with Gasteiger partial charge in [0.1, 0.15) is 0 Å². The molecular weight excluding hydrogens is 176 g/mol. The van der Waals surface area contributed by atoms with Gasteiger partial charge in [0.15, 0.2) is 8.32 Å². The number of rotatable bonds is 3. The van der Waals surface area contributed by atoms with Crippen LogP contribution in [0.1, 0.15) is 27.7 Å². The SMILES string of the molecule is C=C=CC(C)O[Si](C)(C)C(C)(C)C. The van der Waals surface area contributed by atoms with E-state index >= 15 is 0 Å². The van der Waals surface area contributed by atoms with Crippen molar-refractivity contribution in [3.05, 3.63) is 18.4 Å². The summed E-state index contributed by atoms with van der Waals surface area (Å²) < 4.78 is 6.02. The van der Waals surface area contributed by atoms with E-state index in [2.05, 4.69) is 46.2 Å². The minimum atomic E-state index is -1.60. The molecule has 1 unspecified atom stereocenters. The lowest BCUT2D eigenvalue weighted by molar-refractivity contribution is 0.243. The highest BCUT2D eigenvalue weighted by Crippen LogP contribution is 2.37. The van der Waals surface area contributed by atoms with Crippen LogP contribution in [-0.4, -0.2) is 14.4 Å². The molecule has 0 aromatic carbocycles. The highest BCUT2D eigenvalue weighted by Gasteiger charge is 2.37. The zero-order chi connectivity index (χ0) is 10.7. The first-order valence-corrected chi connectivity index (χ1v) is 7.65. The second-order valence-corrected chi connectivity index (χ2v) is 9.71. The lowest BCUT2D eigenvalue weighted by atomic mass is 10.2. The second kappa shape index (κ2) is 4.27. The van der Waals surface area contributed by atoms with Crippen LogP contribution in [0, 0.1) is 0 Å². The maximum absolute atomic E-state index is 6.02. The van der Waals surface area contributed by atoms with E-state index in [9.17, 15) is 0 Å². The molecule has 0 aromatic rings. The Morgan fingerprint density at radius 1 is 1.38 bits per heavy atom. The van der Waals surface area contributed by atoms with Gasteiger partial charge < -0.3 is 4.43 Å². The molecule has 0 N–H and O–H groups in total. The van der Waals surface area contributed by atoms with E-state index < -0.39 is 8.32 Å². The predicted molar refractivity (Wildman–Crippen MR) is 61.5 cm³/mol. The molecule has 13 heavy (non-hydrogen) atoms. The van der Waals surface area contributed by atoms with Crippen molar-refractivity contribution in [2.45, 2.75) is 51.9 Å². The topological polar surface area (TPSA) is 9.23 Å². The molecule has 0 fully saturated rings. The summed E-state index contributed by atoms with van der Waals surface area (Å²) >= 11 is 0. The summed E-state index contributed by atoms with van der Waals surface area (Å²) in [4.78, 5) is 0. The van der Waals surface area contributed by atoms with Crippen LogP contribution in [0.5, 0.6) is 0 Å². The molecule has 0 saturated heterocycles. The summed E-state index contributed by atoms with van der Waals surface area (Å²) in [5, 5.41) is 0.274. The van der Waals surface area contributed by atoms with Crippen LogP contribution in [0.15, 0.2) is 18.4 Å². The van der Waals surface area contributed by atoms with E-state index in [1.54, 1.807) is 0 Å². The lowest BCUT2D eigenvalue weighted by Crippen LogP contribution is -2.42. The van der Waals surface area contributed by atoms with Gasteiger partial charge in [-0.05, 0) is 31.1 Å². The third-order valence-corrected chi connectivity index (χ3v) is 7.21. The zero-order valence-corrected chi connectivity index (χ0v) is 10.8. The monoisotopic (exact) mass is 198 g/mol. The van der Waals surface area contributed by atoms with E-state index in [4.69, 9.17) is 4.43 Å². The second-order valence-electron chi connectivity index (χ2n) is 4.95. The summed E-state index contributed by atoms with van der Waals surface area (Å²) in [6.45, 7) is 16.8. The van der Waals surface area contributed by atoms with E-state index in [1.807, 2.05) is 13.0 Å². The molecule has 0 aliphatic carbocycles. The van der Waals surface area contributed by atoms with Crippen molar-refractivity contribution >= 4 is 8.32 Å². The molecule has 1 atom stereocenters. The standard InChI is InChI=1S/C11H22OSi/c1-8-9-10(2)12-13(6,7)11(3,4)5/h9-10H,1H2,2-7H3. The smallest absolute Gasteiger partial charge is 0.192 e. The third kappa shape index (κ3) is 3.95. The summed E-state index contributed by atoms with van der Waals surface area (Å²) in [5.41, 5.74) is 2.76. The summed E-state index contributed by atoms with van der Waals surface area (Å²) in [5.74, 6) is 0. The van der Waals surface area contributed by atoms with Gasteiger partial charge >= 0.3 is 0 Å². The average molecular weight is 198 g/mol. The molecule has 0 aromatic heterocycles. The summed E-state index contributed by atoms with van der Waals surface area (Å²) in [7, 11) is -1.60. The highest BCUT2D eigenvalue weighted by atomic mass is 28.4. The third-order valence-electron chi connectivity index (χ3n) is 2.64. The Balaban J connectivity index is 4.42. The fourth-order valence-electron chi connectivity index (χ4n) is 0.841. The van der Waals surface area contributed by atoms with Crippen molar-refractivity contribution in [3.8, 4) is 0 Å². The van der Waals surface area contributed by atoms with Crippen molar-refractivity contribution in [3.63, 3.8) is 0 Å². The van der Waals surface area contributed by atoms with Gasteiger partial charge in [-0.1, -0.05) is 27.4 Å². The molecule has 0 heterocycles. The van der Waals surface area contributed by atoms with Crippen molar-refractivity contribution in [1.82, 2.24) is 0 Å². The van der Waals surface area contributed by atoms with Gasteiger partial charge in [0, 0.05) is 0 Å². The van der Waals surface area contributed by atoms with Crippen LogP contribution in [0.4, 0.5) is 0 Å². The molecule has 1 nitrogen and oxygen atoms in total. The predicted octanol–water partition coefficient (Wildman–Crippen LogP) is 3.74. The van der Waals surface area contributed by atoms with Crippen molar-refractivity contribution in [2.24, 2.45) is 0 Å². The normalized spacial score (nSPS) is 14.9. The van der Waals surface area contributed by atoms with Gasteiger partial charge in [0.2, 0.25) is 0 Å². The molecule has 0 spiro atoms. The maximum atomic E-state index is 6.02. The highest BCUT2D eigenvalue weighted by molar-refractivity contribution is 6.74. The number of hydrogen-bond donors (Lipinski definition) is 0. The molecule has 0 amide bonds. The summed E-state index contributed by atoms with van der Waals surface area (Å²) in [6, 6.07) is 0. The number of hydrogen-bond acceptors (Lipinski definition) is 1. The summed E-state index contributed by atoms with van der Waals surface area (Å²) in [6.07, 6.45) is 2.01. The molecule has 2 heteroatoms. The lowest BCUT2D eigenvalue weighted by Gasteiger charge is -2.37. The first kappa shape index (κ1) is 12.7. The quantitative estimate of drug-likeness (QED) is 0.496. The van der Waals surface area contributed by atoms with Crippen LogP contribution in [0.25, 0.3) is 0 Å². The minimum absolute atomic E-state index is 0.137. The minimum Gasteiger partial charge on any atom is -0.410 e. The van der Waals surface area contributed by atoms with Crippen molar-refractivity contribution < 1.29 is 4.43 Å². The molecule has 0 aliphatic heterocycles. The Morgan fingerprint density at radius 3 is 2.15 bits per heavy atom. The van der Waals surface area contributed by atoms with E-state index in [0.717, 1.165) is 0 Å². The Kier molecular flexibility index (Phi) is 4.17. The van der Waals surface area contributed by atoms with Gasteiger partial charge in [-0.15, -0.1) is 5.73 Å². The first-order valence-electron chi connectivity index (χ1n) is 4.74. The first-order chi connectivity index (χ1) is 5.70. The van der Waals surface area contributed by atoms with E-state index in [1.165, 1.54) is 0 Å². The molecule has 0 aliphatic rings. The van der Waals surface area contributed by atoms with Gasteiger partial charge in [-0.25, -0.2) is 0 Å². The Morgan fingerprint density at radius 2 is 1.85 bits per heavy atom. The maximum Gasteiger partial charge on any atom is 0.192 e. The zero-order valence-electron chi connectivity index (χ0n) is 9.77. The Bertz CT molecular complexity index is 207. The molecular formula is C11H22OSi. The van der Waals surface area contributed by atoms with Gasteiger partial charge in [-0.3, -0.25) is 0 Å². The van der Waals surface area contributed by atoms with Crippen LogP contribution in [0.2, 0.25) is 18.1 Å². The van der Waals surface area contributed by atoms with Gasteiger partial charge in [0.05, 0.1) is 6.10 Å². The van der Waals surface area contributed by atoms with Crippen LogP contribution < -0.4 is 0 Å². The van der Waals surface area contributed by atoms with E-state index in [-0.39, 0.29) is 11.1 Å². The Hall–Kier alpha value is -0.303. The van der Waals surface area contributed by atoms with Gasteiger partial charge in [0.25, 0.3) is 0 Å². The molecule has 0 bridgehead atoms. The van der Waals surface area contributed by atoms with Crippen molar-refractivity contribution in [2.75, 3.05) is 0 Å². The van der Waals surface area contributed by atoms with Crippen LogP contribution >= 0.6 is 0 Å². The fraction of sp³-hybridized carbons (Fsp3) is 0.727. The van der Waals surface area contributed by atoms with E-state index in [0.29, 0.717) is 0 Å². The molecule has 76 valence electrons. The molecule has 0 rings (SSSR count). The van der Waals surface area contributed by atoms with Crippen molar-refractivity contribution in [1.29, 1.82) is 0 Å².